The van der Waals surface area contributed by atoms with Crippen LogP contribution in [0.2, 0.25) is 5.02 Å². The Hall–Kier alpha value is -1.48. The van der Waals surface area contributed by atoms with Crippen LogP contribution < -0.4 is 5.32 Å². The Bertz CT molecular complexity index is 890. The van der Waals surface area contributed by atoms with Crippen molar-refractivity contribution in [3.63, 3.8) is 0 Å². The van der Waals surface area contributed by atoms with E-state index in [-0.39, 0.29) is 11.7 Å². The predicted molar refractivity (Wildman–Crippen MR) is 99.4 cm³/mol. The maximum atomic E-state index is 12.8. The van der Waals surface area contributed by atoms with E-state index in [1.54, 1.807) is 22.5 Å². The first-order valence-electron chi connectivity index (χ1n) is 8.88. The predicted octanol–water partition coefficient (Wildman–Crippen LogP) is 1.74. The number of aromatic nitrogens is 3. The molecule has 1 N–H and O–H groups in total. The molecule has 1 aromatic heterocycles. The summed E-state index contributed by atoms with van der Waals surface area (Å²) in [5.74, 6) is 2.19. The normalized spacial score (nSPS) is 19.4. The summed E-state index contributed by atoms with van der Waals surface area (Å²) in [4.78, 5) is 0. The van der Waals surface area contributed by atoms with Crippen LogP contribution in [0.5, 0.6) is 0 Å². The molecule has 1 saturated heterocycles. The topological polar surface area (TPSA) is 80.1 Å². The minimum Gasteiger partial charge on any atom is -0.312 e. The van der Waals surface area contributed by atoms with Crippen LogP contribution >= 0.6 is 11.6 Å². The molecule has 0 bridgehead atoms. The van der Waals surface area contributed by atoms with Crippen molar-refractivity contribution >= 4 is 21.6 Å². The highest BCUT2D eigenvalue weighted by atomic mass is 35.5. The van der Waals surface area contributed by atoms with Gasteiger partial charge in [0.05, 0.1) is 12.3 Å². The molecular formula is C17H22ClN5O2S. The highest BCUT2D eigenvalue weighted by Crippen LogP contribution is 2.30. The summed E-state index contributed by atoms with van der Waals surface area (Å²) in [6, 6.07) is 7.11. The fraction of sp³-hybridized carbons (Fsp3) is 0.529. The molecule has 0 radical (unpaired) electrons. The molecule has 2 aliphatic heterocycles. The van der Waals surface area contributed by atoms with Gasteiger partial charge in [-0.1, -0.05) is 29.8 Å². The SMILES string of the molecule is O=S(=O)(Cc1ccccc1Cl)N1CCC(c2nnc3n2CCNC3)CC1. The number of halogens is 1. The first kappa shape index (κ1) is 17.9. The van der Waals surface area contributed by atoms with Crippen LogP contribution in [0.15, 0.2) is 24.3 Å². The second-order valence-corrected chi connectivity index (χ2v) is 9.20. The summed E-state index contributed by atoms with van der Waals surface area (Å²) in [5, 5.41) is 12.4. The lowest BCUT2D eigenvalue weighted by Crippen LogP contribution is -2.39. The van der Waals surface area contributed by atoms with Crippen LogP contribution in [0.3, 0.4) is 0 Å². The lowest BCUT2D eigenvalue weighted by atomic mass is 9.97. The fourth-order valence-electron chi connectivity index (χ4n) is 3.71. The van der Waals surface area contributed by atoms with Gasteiger partial charge in [0.25, 0.3) is 0 Å². The van der Waals surface area contributed by atoms with E-state index < -0.39 is 10.0 Å². The summed E-state index contributed by atoms with van der Waals surface area (Å²) in [5.41, 5.74) is 0.648. The van der Waals surface area contributed by atoms with Gasteiger partial charge in [-0.05, 0) is 24.5 Å². The molecule has 2 aliphatic rings. The van der Waals surface area contributed by atoms with Crippen LogP contribution in [0.25, 0.3) is 0 Å². The molecule has 3 heterocycles. The summed E-state index contributed by atoms with van der Waals surface area (Å²) >= 11 is 6.12. The molecule has 26 heavy (non-hydrogen) atoms. The first-order valence-corrected chi connectivity index (χ1v) is 10.9. The molecule has 0 amide bonds. The van der Waals surface area contributed by atoms with Gasteiger partial charge in [-0.2, -0.15) is 0 Å². The minimum atomic E-state index is -3.37. The van der Waals surface area contributed by atoms with Crippen molar-refractivity contribution in [1.82, 2.24) is 24.4 Å². The number of rotatable bonds is 4. The van der Waals surface area contributed by atoms with Gasteiger partial charge in [0.15, 0.2) is 0 Å². The molecule has 0 aliphatic carbocycles. The average molecular weight is 396 g/mol. The molecule has 0 spiro atoms. The molecule has 1 aromatic carbocycles. The number of hydrogen-bond acceptors (Lipinski definition) is 5. The molecule has 140 valence electrons. The Balaban J connectivity index is 1.43. The number of nitrogens with zero attached hydrogens (tertiary/aromatic N) is 4. The van der Waals surface area contributed by atoms with E-state index in [1.165, 1.54) is 0 Å². The van der Waals surface area contributed by atoms with E-state index in [0.29, 0.717) is 23.7 Å². The molecule has 0 atom stereocenters. The highest BCUT2D eigenvalue weighted by molar-refractivity contribution is 7.88. The Kier molecular flexibility index (Phi) is 5.00. The number of piperidine rings is 1. The number of nitrogens with one attached hydrogen (secondary N) is 1. The van der Waals surface area contributed by atoms with Crippen molar-refractivity contribution in [1.29, 1.82) is 0 Å². The maximum Gasteiger partial charge on any atom is 0.218 e. The first-order chi connectivity index (χ1) is 12.5. The quantitative estimate of drug-likeness (QED) is 0.852. The largest absolute Gasteiger partial charge is 0.312 e. The zero-order valence-electron chi connectivity index (χ0n) is 14.4. The zero-order valence-corrected chi connectivity index (χ0v) is 16.0. The van der Waals surface area contributed by atoms with E-state index >= 15 is 0 Å². The molecule has 0 unspecified atom stereocenters. The number of sulfonamides is 1. The highest BCUT2D eigenvalue weighted by Gasteiger charge is 2.32. The van der Waals surface area contributed by atoms with Crippen molar-refractivity contribution in [3.8, 4) is 0 Å². The van der Waals surface area contributed by atoms with Gasteiger partial charge in [0, 0.05) is 37.1 Å². The van der Waals surface area contributed by atoms with E-state index in [2.05, 4.69) is 20.1 Å². The van der Waals surface area contributed by atoms with Crippen molar-refractivity contribution < 1.29 is 8.42 Å². The monoisotopic (exact) mass is 395 g/mol. The fourth-order valence-corrected chi connectivity index (χ4v) is 5.59. The lowest BCUT2D eigenvalue weighted by molar-refractivity contribution is 0.306. The van der Waals surface area contributed by atoms with Crippen LogP contribution in [0, 0.1) is 0 Å². The van der Waals surface area contributed by atoms with Gasteiger partial charge in [-0.3, -0.25) is 0 Å². The Morgan fingerprint density at radius 1 is 1.15 bits per heavy atom. The van der Waals surface area contributed by atoms with Gasteiger partial charge in [0.1, 0.15) is 11.6 Å². The Morgan fingerprint density at radius 3 is 2.69 bits per heavy atom. The summed E-state index contributed by atoms with van der Waals surface area (Å²) in [6.45, 7) is 3.57. The number of benzene rings is 1. The van der Waals surface area contributed by atoms with Crippen molar-refractivity contribution in [3.05, 3.63) is 46.5 Å². The van der Waals surface area contributed by atoms with E-state index in [0.717, 1.165) is 44.1 Å². The van der Waals surface area contributed by atoms with Gasteiger partial charge < -0.3 is 9.88 Å². The van der Waals surface area contributed by atoms with Crippen molar-refractivity contribution in [2.45, 2.75) is 37.6 Å². The molecule has 4 rings (SSSR count). The number of fused-ring (bicyclic) bond motifs is 1. The average Bonchev–Trinajstić information content (AvgIpc) is 3.08. The second-order valence-electron chi connectivity index (χ2n) is 6.82. The third-order valence-corrected chi connectivity index (χ3v) is 7.36. The molecule has 9 heteroatoms. The summed E-state index contributed by atoms with van der Waals surface area (Å²) in [6.07, 6.45) is 1.54. The van der Waals surface area contributed by atoms with E-state index in [1.807, 2.05) is 6.07 Å². The van der Waals surface area contributed by atoms with E-state index in [9.17, 15) is 8.42 Å². The molecule has 0 saturated carbocycles. The third-order valence-electron chi connectivity index (χ3n) is 5.16. The molecule has 2 aromatic rings. The Morgan fingerprint density at radius 2 is 1.92 bits per heavy atom. The molecular weight excluding hydrogens is 374 g/mol. The second kappa shape index (κ2) is 7.26. The van der Waals surface area contributed by atoms with Crippen LogP contribution in [-0.2, 0) is 28.9 Å². The van der Waals surface area contributed by atoms with Gasteiger partial charge >= 0.3 is 0 Å². The summed E-state index contributed by atoms with van der Waals surface area (Å²) in [7, 11) is -3.37. The standard InChI is InChI=1S/C17H22ClN5O2S/c18-15-4-2-1-3-14(15)12-26(24,25)22-8-5-13(6-9-22)17-21-20-16-11-19-7-10-23(16)17/h1-4,13,19H,5-12H2. The molecule has 7 nitrogen and oxygen atoms in total. The maximum absolute atomic E-state index is 12.8. The number of hydrogen-bond donors (Lipinski definition) is 1. The molecule has 1 fully saturated rings. The van der Waals surface area contributed by atoms with Crippen molar-refractivity contribution in [2.24, 2.45) is 0 Å². The summed E-state index contributed by atoms with van der Waals surface area (Å²) < 4.78 is 29.3. The smallest absolute Gasteiger partial charge is 0.218 e. The van der Waals surface area contributed by atoms with E-state index in [4.69, 9.17) is 11.6 Å². The Labute approximate surface area is 158 Å². The lowest BCUT2D eigenvalue weighted by Gasteiger charge is -2.31. The van der Waals surface area contributed by atoms with Crippen LogP contribution in [0.4, 0.5) is 0 Å². The van der Waals surface area contributed by atoms with Crippen molar-refractivity contribution in [2.75, 3.05) is 19.6 Å². The zero-order chi connectivity index (χ0) is 18.1. The van der Waals surface area contributed by atoms with Crippen LogP contribution in [0.1, 0.15) is 36.0 Å². The third kappa shape index (κ3) is 3.51. The van der Waals surface area contributed by atoms with Gasteiger partial charge in [-0.15, -0.1) is 10.2 Å². The van der Waals surface area contributed by atoms with Gasteiger partial charge in [-0.25, -0.2) is 12.7 Å². The van der Waals surface area contributed by atoms with Crippen LogP contribution in [-0.4, -0.2) is 47.1 Å². The van der Waals surface area contributed by atoms with Gasteiger partial charge in [0.2, 0.25) is 10.0 Å². The minimum absolute atomic E-state index is 0.0522.